The highest BCUT2D eigenvalue weighted by Gasteiger charge is 2.04. The van der Waals surface area contributed by atoms with Crippen LogP contribution in [-0.2, 0) is 11.8 Å². The summed E-state index contributed by atoms with van der Waals surface area (Å²) in [5.74, 6) is 0.600. The van der Waals surface area contributed by atoms with Crippen molar-refractivity contribution in [3.05, 3.63) is 18.3 Å². The first-order valence-electron chi connectivity index (χ1n) is 4.55. The Kier molecular flexibility index (Phi) is 2.64. The lowest BCUT2D eigenvalue weighted by Crippen LogP contribution is -2.10. The molecule has 0 atom stereocenters. The fourth-order valence-electron chi connectivity index (χ4n) is 1.44. The molecule has 0 bridgehead atoms. The molecule has 4 nitrogen and oxygen atoms in total. The molecule has 2 radical (unpaired) electrons. The van der Waals surface area contributed by atoms with Crippen LogP contribution >= 0.6 is 0 Å². The van der Waals surface area contributed by atoms with E-state index in [4.69, 9.17) is 17.3 Å². The number of nitrogens with zero attached hydrogens (tertiary/aromatic N) is 2. The van der Waals surface area contributed by atoms with Gasteiger partial charge in [-0.3, -0.25) is 4.68 Å². The lowest BCUT2D eigenvalue weighted by molar-refractivity contribution is 0.0519. The maximum atomic E-state index is 5.82. The molecule has 15 heavy (non-hydrogen) atoms. The van der Waals surface area contributed by atoms with E-state index < -0.39 is 0 Å². The second-order valence-electron chi connectivity index (χ2n) is 3.30. The minimum absolute atomic E-state index is 0.183. The largest absolute Gasteiger partial charge is 0.468 e. The predicted molar refractivity (Wildman–Crippen MR) is 58.6 cm³/mol. The van der Waals surface area contributed by atoms with Gasteiger partial charge in [0.15, 0.2) is 6.79 Å². The van der Waals surface area contributed by atoms with Crippen LogP contribution in [0.25, 0.3) is 10.9 Å². The Morgan fingerprint density at radius 2 is 2.27 bits per heavy atom. The Morgan fingerprint density at radius 3 is 3.00 bits per heavy atom. The number of aryl methyl sites for hydroxylation is 1. The van der Waals surface area contributed by atoms with Crippen molar-refractivity contribution in [3.8, 4) is 5.75 Å². The number of hydrogen-bond donors (Lipinski definition) is 0. The molecular weight excluding hydrogens is 191 g/mol. The fraction of sp³-hybridized carbons (Fsp3) is 0.300. The number of hydrogen-bond acceptors (Lipinski definition) is 3. The molecule has 0 aliphatic rings. The quantitative estimate of drug-likeness (QED) is 0.532. The average Bonchev–Trinajstić information content (AvgIpc) is 2.53. The zero-order valence-electron chi connectivity index (χ0n) is 8.73. The van der Waals surface area contributed by atoms with Crippen LogP contribution in [0.3, 0.4) is 0 Å². The predicted octanol–water partition coefficient (Wildman–Crippen LogP) is 0.350. The van der Waals surface area contributed by atoms with Gasteiger partial charge in [0, 0.05) is 31.8 Å². The molecule has 0 aliphatic heterocycles. The molecule has 0 unspecified atom stereocenters. The van der Waals surface area contributed by atoms with E-state index in [2.05, 4.69) is 5.10 Å². The lowest BCUT2D eigenvalue weighted by atomic mass is 9.94. The first-order valence-corrected chi connectivity index (χ1v) is 4.55. The van der Waals surface area contributed by atoms with Crippen molar-refractivity contribution in [1.29, 1.82) is 0 Å². The summed E-state index contributed by atoms with van der Waals surface area (Å²) in [6.07, 6.45) is 1.91. The highest BCUT2D eigenvalue weighted by molar-refractivity contribution is 6.35. The van der Waals surface area contributed by atoms with Gasteiger partial charge in [-0.25, -0.2) is 0 Å². The molecule has 0 saturated heterocycles. The number of benzene rings is 1. The third-order valence-electron chi connectivity index (χ3n) is 2.08. The van der Waals surface area contributed by atoms with Crippen LogP contribution < -0.4 is 10.2 Å². The normalized spacial score (nSPS) is 10.8. The van der Waals surface area contributed by atoms with Gasteiger partial charge in [-0.15, -0.1) is 0 Å². The summed E-state index contributed by atoms with van der Waals surface area (Å²) in [6.45, 7) is 0.183. The third kappa shape index (κ3) is 1.97. The van der Waals surface area contributed by atoms with E-state index in [-0.39, 0.29) is 6.79 Å². The first-order chi connectivity index (χ1) is 7.20. The van der Waals surface area contributed by atoms with Gasteiger partial charge < -0.3 is 9.47 Å². The number of ether oxygens (including phenoxy) is 2. The lowest BCUT2D eigenvalue weighted by Gasteiger charge is -2.07. The summed E-state index contributed by atoms with van der Waals surface area (Å²) in [4.78, 5) is 0. The molecule has 76 valence electrons. The van der Waals surface area contributed by atoms with E-state index in [1.807, 2.05) is 25.4 Å². The zero-order chi connectivity index (χ0) is 10.8. The van der Waals surface area contributed by atoms with E-state index in [1.54, 1.807) is 11.8 Å². The van der Waals surface area contributed by atoms with Gasteiger partial charge in [0.05, 0.1) is 5.52 Å². The van der Waals surface area contributed by atoms with Crippen molar-refractivity contribution in [2.45, 2.75) is 0 Å². The minimum Gasteiger partial charge on any atom is -0.468 e. The Bertz CT molecular complexity index is 481. The monoisotopic (exact) mass is 202 g/mol. The SMILES string of the molecule is [B]c1cc2cn(C)nc2cc1OCOC. The molecular formula is C10H11BN2O2. The average molecular weight is 202 g/mol. The van der Waals surface area contributed by atoms with Crippen molar-refractivity contribution >= 4 is 24.2 Å². The second-order valence-corrected chi connectivity index (χ2v) is 3.30. The van der Waals surface area contributed by atoms with Crippen LogP contribution in [-0.4, -0.2) is 31.5 Å². The minimum atomic E-state index is 0.183. The van der Waals surface area contributed by atoms with Crippen LogP contribution in [0.15, 0.2) is 18.3 Å². The van der Waals surface area contributed by atoms with E-state index >= 15 is 0 Å². The molecule has 0 fully saturated rings. The van der Waals surface area contributed by atoms with Gasteiger partial charge in [-0.2, -0.15) is 5.10 Å². The summed E-state index contributed by atoms with van der Waals surface area (Å²) < 4.78 is 11.9. The van der Waals surface area contributed by atoms with Gasteiger partial charge in [0.1, 0.15) is 13.6 Å². The zero-order valence-corrected chi connectivity index (χ0v) is 8.73. The molecule has 5 heteroatoms. The third-order valence-corrected chi connectivity index (χ3v) is 2.08. The molecule has 0 spiro atoms. The van der Waals surface area contributed by atoms with Crippen LogP contribution in [0.2, 0.25) is 0 Å². The molecule has 2 aromatic rings. The van der Waals surface area contributed by atoms with Crippen molar-refractivity contribution in [2.24, 2.45) is 7.05 Å². The van der Waals surface area contributed by atoms with Crippen molar-refractivity contribution < 1.29 is 9.47 Å². The second kappa shape index (κ2) is 3.94. The van der Waals surface area contributed by atoms with Crippen molar-refractivity contribution in [2.75, 3.05) is 13.9 Å². The summed E-state index contributed by atoms with van der Waals surface area (Å²) in [6, 6.07) is 3.65. The van der Waals surface area contributed by atoms with Crippen LogP contribution in [0.4, 0.5) is 0 Å². The number of aromatic nitrogens is 2. The Balaban J connectivity index is 2.42. The van der Waals surface area contributed by atoms with Gasteiger partial charge in [-0.05, 0) is 0 Å². The summed E-state index contributed by atoms with van der Waals surface area (Å²) in [5, 5.41) is 5.26. The smallest absolute Gasteiger partial charge is 0.188 e. The van der Waals surface area contributed by atoms with Gasteiger partial charge >= 0.3 is 0 Å². The van der Waals surface area contributed by atoms with Crippen LogP contribution in [0.1, 0.15) is 0 Å². The Labute approximate surface area is 89.2 Å². The van der Waals surface area contributed by atoms with Crippen LogP contribution in [0.5, 0.6) is 5.75 Å². The van der Waals surface area contributed by atoms with Gasteiger partial charge in [0.25, 0.3) is 0 Å². The van der Waals surface area contributed by atoms with E-state index in [9.17, 15) is 0 Å². The van der Waals surface area contributed by atoms with Crippen molar-refractivity contribution in [3.63, 3.8) is 0 Å². The number of methoxy groups -OCH3 is 1. The highest BCUT2D eigenvalue weighted by atomic mass is 16.7. The first kappa shape index (κ1) is 10.0. The molecule has 1 aromatic heterocycles. The molecule has 2 rings (SSSR count). The van der Waals surface area contributed by atoms with E-state index in [0.717, 1.165) is 10.9 Å². The molecule has 0 aliphatic carbocycles. The molecule has 0 N–H and O–H groups in total. The Hall–Kier alpha value is -1.49. The van der Waals surface area contributed by atoms with Gasteiger partial charge in [-0.1, -0.05) is 11.5 Å². The number of fused-ring (bicyclic) bond motifs is 1. The topological polar surface area (TPSA) is 36.3 Å². The van der Waals surface area contributed by atoms with Crippen LogP contribution in [0, 0.1) is 0 Å². The summed E-state index contributed by atoms with van der Waals surface area (Å²) in [7, 11) is 9.25. The van der Waals surface area contributed by atoms with E-state index in [0.29, 0.717) is 11.2 Å². The van der Waals surface area contributed by atoms with E-state index in [1.165, 1.54) is 0 Å². The molecule has 0 amide bonds. The fourth-order valence-corrected chi connectivity index (χ4v) is 1.44. The number of rotatable bonds is 3. The molecule has 0 saturated carbocycles. The highest BCUT2D eigenvalue weighted by Crippen LogP contribution is 2.16. The standard InChI is InChI=1S/C10H11BN2O2/c1-13-5-7-3-8(11)10(15-6-14-2)4-9(7)12-13/h3-5H,6H2,1-2H3. The maximum absolute atomic E-state index is 5.82. The summed E-state index contributed by atoms with van der Waals surface area (Å²) in [5.41, 5.74) is 1.45. The Morgan fingerprint density at radius 1 is 1.47 bits per heavy atom. The maximum Gasteiger partial charge on any atom is 0.188 e. The van der Waals surface area contributed by atoms with Crippen molar-refractivity contribution in [1.82, 2.24) is 9.78 Å². The summed E-state index contributed by atoms with van der Waals surface area (Å²) >= 11 is 0. The van der Waals surface area contributed by atoms with Gasteiger partial charge in [0.2, 0.25) is 0 Å². The molecule has 1 aromatic carbocycles. The molecule has 1 heterocycles.